The lowest BCUT2D eigenvalue weighted by Crippen LogP contribution is -2.26. The summed E-state index contributed by atoms with van der Waals surface area (Å²) in [7, 11) is 1.63. The van der Waals surface area contributed by atoms with Gasteiger partial charge in [0.05, 0.1) is 16.8 Å². The molecule has 0 aliphatic rings. The number of aromatic nitrogens is 3. The monoisotopic (exact) mass is 444 g/mol. The van der Waals surface area contributed by atoms with Crippen LogP contribution in [0, 0.1) is 0 Å². The number of carbonyl (C=O) groups excluding carboxylic acids is 1. The van der Waals surface area contributed by atoms with E-state index < -0.39 is 11.6 Å². The number of hydrogen-bond donors (Lipinski definition) is 3. The summed E-state index contributed by atoms with van der Waals surface area (Å²) in [6.07, 6.45) is 0.683. The summed E-state index contributed by atoms with van der Waals surface area (Å²) in [6.45, 7) is 2.31. The summed E-state index contributed by atoms with van der Waals surface area (Å²) >= 11 is 0. The van der Waals surface area contributed by atoms with Crippen LogP contribution in [0.2, 0.25) is 0 Å². The third-order valence-corrected chi connectivity index (χ3v) is 5.48. The zero-order valence-corrected chi connectivity index (χ0v) is 18.3. The van der Waals surface area contributed by atoms with E-state index >= 15 is 0 Å². The third kappa shape index (κ3) is 4.23. The maximum atomic E-state index is 13.1. The number of carbonyl (C=O) groups is 1. The van der Waals surface area contributed by atoms with Crippen molar-refractivity contribution in [3.63, 3.8) is 0 Å². The molecule has 4 rings (SSSR count). The van der Waals surface area contributed by atoms with Crippen molar-refractivity contribution in [1.82, 2.24) is 19.7 Å². The molecule has 0 aliphatic carbocycles. The van der Waals surface area contributed by atoms with Crippen molar-refractivity contribution in [2.24, 2.45) is 0 Å². The standard InChI is InChI=1S/C25H24N4O4/c1-3-17-11-7-8-12-20(17)29-23(26-27-25(29)33)18-13-19(22(31)14-21(18)30)24(32)28(2)15-16-9-5-4-6-10-16/h4-14,30-31H,3,15H2,1-2H3,(H,27,33). The van der Waals surface area contributed by atoms with Gasteiger partial charge in [0.25, 0.3) is 5.91 Å². The molecule has 1 heterocycles. The Balaban J connectivity index is 1.78. The summed E-state index contributed by atoms with van der Waals surface area (Å²) < 4.78 is 1.35. The number of hydrogen-bond acceptors (Lipinski definition) is 5. The predicted molar refractivity (Wildman–Crippen MR) is 125 cm³/mol. The molecule has 1 amide bonds. The summed E-state index contributed by atoms with van der Waals surface area (Å²) in [5.41, 5.74) is 2.13. The van der Waals surface area contributed by atoms with Crippen LogP contribution in [0.25, 0.3) is 17.1 Å². The minimum atomic E-state index is -0.479. The van der Waals surface area contributed by atoms with Crippen LogP contribution in [0.4, 0.5) is 0 Å². The second-order valence-electron chi connectivity index (χ2n) is 7.70. The Labute approximate surface area is 190 Å². The molecule has 1 aromatic heterocycles. The molecule has 0 fully saturated rings. The molecule has 168 valence electrons. The van der Waals surface area contributed by atoms with E-state index in [4.69, 9.17) is 0 Å². The topological polar surface area (TPSA) is 111 Å². The first-order valence-electron chi connectivity index (χ1n) is 10.5. The number of phenolic OH excluding ortho intramolecular Hbond substituents is 2. The molecule has 8 heteroatoms. The highest BCUT2D eigenvalue weighted by Gasteiger charge is 2.23. The van der Waals surface area contributed by atoms with Gasteiger partial charge in [0.15, 0.2) is 5.82 Å². The lowest BCUT2D eigenvalue weighted by atomic mass is 10.1. The normalized spacial score (nSPS) is 10.8. The first-order chi connectivity index (χ1) is 15.9. The summed E-state index contributed by atoms with van der Waals surface area (Å²) in [5, 5.41) is 27.5. The number of phenols is 2. The van der Waals surface area contributed by atoms with Gasteiger partial charge in [0, 0.05) is 19.7 Å². The number of aromatic amines is 1. The Hall–Kier alpha value is -4.33. The molecule has 0 bridgehead atoms. The van der Waals surface area contributed by atoms with E-state index in [1.54, 1.807) is 13.1 Å². The van der Waals surface area contributed by atoms with Gasteiger partial charge in [-0.3, -0.25) is 4.79 Å². The van der Waals surface area contributed by atoms with Crippen LogP contribution in [0.15, 0.2) is 71.5 Å². The number of aromatic hydroxyl groups is 2. The van der Waals surface area contributed by atoms with Crippen LogP contribution in [0.1, 0.15) is 28.4 Å². The van der Waals surface area contributed by atoms with E-state index in [-0.39, 0.29) is 28.5 Å². The van der Waals surface area contributed by atoms with Gasteiger partial charge in [0.2, 0.25) is 0 Å². The van der Waals surface area contributed by atoms with E-state index in [2.05, 4.69) is 10.2 Å². The fourth-order valence-electron chi connectivity index (χ4n) is 3.79. The maximum absolute atomic E-state index is 13.1. The number of para-hydroxylation sites is 1. The number of aryl methyl sites for hydroxylation is 1. The number of rotatable bonds is 6. The fraction of sp³-hybridized carbons (Fsp3) is 0.160. The largest absolute Gasteiger partial charge is 0.507 e. The Morgan fingerprint density at radius 2 is 1.73 bits per heavy atom. The number of nitrogens with zero attached hydrogens (tertiary/aromatic N) is 3. The molecule has 0 radical (unpaired) electrons. The van der Waals surface area contributed by atoms with Crippen LogP contribution >= 0.6 is 0 Å². The molecule has 0 saturated carbocycles. The predicted octanol–water partition coefficient (Wildman–Crippen LogP) is 3.47. The summed E-state index contributed by atoms with van der Waals surface area (Å²) in [5.74, 6) is -0.960. The van der Waals surface area contributed by atoms with Crippen LogP contribution in [0.3, 0.4) is 0 Å². The Morgan fingerprint density at radius 1 is 1.03 bits per heavy atom. The third-order valence-electron chi connectivity index (χ3n) is 5.48. The van der Waals surface area contributed by atoms with Crippen LogP contribution in [-0.2, 0) is 13.0 Å². The highest BCUT2D eigenvalue weighted by molar-refractivity contribution is 5.98. The lowest BCUT2D eigenvalue weighted by Gasteiger charge is -2.19. The van der Waals surface area contributed by atoms with Gasteiger partial charge in [-0.15, -0.1) is 0 Å². The van der Waals surface area contributed by atoms with E-state index in [9.17, 15) is 19.8 Å². The van der Waals surface area contributed by atoms with Gasteiger partial charge < -0.3 is 15.1 Å². The molecule has 0 spiro atoms. The lowest BCUT2D eigenvalue weighted by molar-refractivity contribution is 0.0782. The van der Waals surface area contributed by atoms with Gasteiger partial charge in [0.1, 0.15) is 11.5 Å². The van der Waals surface area contributed by atoms with Crippen LogP contribution in [0.5, 0.6) is 11.5 Å². The number of H-pyrrole nitrogens is 1. The molecule has 0 aliphatic heterocycles. The average Bonchev–Trinajstić information content (AvgIpc) is 3.20. The molecule has 0 atom stereocenters. The van der Waals surface area contributed by atoms with Gasteiger partial charge in [-0.25, -0.2) is 14.5 Å². The number of nitrogens with one attached hydrogen (secondary N) is 1. The molecule has 33 heavy (non-hydrogen) atoms. The first-order valence-corrected chi connectivity index (χ1v) is 10.5. The van der Waals surface area contributed by atoms with Crippen molar-refractivity contribution in [1.29, 1.82) is 0 Å². The van der Waals surface area contributed by atoms with Crippen molar-refractivity contribution in [3.8, 4) is 28.6 Å². The first kappa shape index (κ1) is 21.9. The summed E-state index contributed by atoms with van der Waals surface area (Å²) in [6, 6.07) is 19.3. The quantitative estimate of drug-likeness (QED) is 0.422. The highest BCUT2D eigenvalue weighted by Crippen LogP contribution is 2.35. The molecular formula is C25H24N4O4. The zero-order chi connectivity index (χ0) is 23.5. The Morgan fingerprint density at radius 3 is 2.45 bits per heavy atom. The number of benzene rings is 3. The molecule has 0 saturated heterocycles. The average molecular weight is 444 g/mol. The second-order valence-corrected chi connectivity index (χ2v) is 7.70. The number of amides is 1. The highest BCUT2D eigenvalue weighted by atomic mass is 16.3. The minimum Gasteiger partial charge on any atom is -0.507 e. The van der Waals surface area contributed by atoms with Gasteiger partial charge >= 0.3 is 5.69 Å². The van der Waals surface area contributed by atoms with E-state index in [0.717, 1.165) is 17.2 Å². The molecule has 0 unspecified atom stereocenters. The van der Waals surface area contributed by atoms with Gasteiger partial charge in [-0.05, 0) is 29.7 Å². The van der Waals surface area contributed by atoms with Crippen molar-refractivity contribution in [2.45, 2.75) is 19.9 Å². The van der Waals surface area contributed by atoms with E-state index in [1.165, 1.54) is 15.5 Å². The molecular weight excluding hydrogens is 420 g/mol. The Kier molecular flexibility index (Phi) is 5.99. The molecule has 8 nitrogen and oxygen atoms in total. The van der Waals surface area contributed by atoms with Crippen molar-refractivity contribution < 1.29 is 15.0 Å². The zero-order valence-electron chi connectivity index (χ0n) is 18.3. The summed E-state index contributed by atoms with van der Waals surface area (Å²) in [4.78, 5) is 27.2. The van der Waals surface area contributed by atoms with Crippen molar-refractivity contribution in [2.75, 3.05) is 7.05 Å². The molecule has 4 aromatic rings. The SMILES string of the molecule is CCc1ccccc1-n1c(-c2cc(C(=O)N(C)Cc3ccccc3)c(O)cc2O)n[nH]c1=O. The van der Waals surface area contributed by atoms with Crippen LogP contribution < -0.4 is 5.69 Å². The van der Waals surface area contributed by atoms with E-state index in [0.29, 0.717) is 18.7 Å². The van der Waals surface area contributed by atoms with Crippen LogP contribution in [-0.4, -0.2) is 42.8 Å². The fourth-order valence-corrected chi connectivity index (χ4v) is 3.79. The second kappa shape index (κ2) is 9.04. The van der Waals surface area contributed by atoms with E-state index in [1.807, 2.05) is 55.5 Å². The van der Waals surface area contributed by atoms with Crippen molar-refractivity contribution >= 4 is 5.91 Å². The molecule has 3 N–H and O–H groups in total. The minimum absolute atomic E-state index is 0.00740. The smallest absolute Gasteiger partial charge is 0.348 e. The molecule has 3 aromatic carbocycles. The Bertz CT molecular complexity index is 1360. The van der Waals surface area contributed by atoms with Gasteiger partial charge in [-0.2, -0.15) is 5.10 Å². The van der Waals surface area contributed by atoms with Crippen molar-refractivity contribution in [3.05, 3.63) is 93.9 Å². The maximum Gasteiger partial charge on any atom is 0.348 e. The van der Waals surface area contributed by atoms with Gasteiger partial charge in [-0.1, -0.05) is 55.5 Å².